The number of rotatable bonds is 4. The van der Waals surface area contributed by atoms with E-state index in [1.54, 1.807) is 4.52 Å². The minimum atomic E-state index is -0.0925. The molecule has 2 aromatic heterocycles. The van der Waals surface area contributed by atoms with E-state index in [0.717, 1.165) is 44.1 Å². The van der Waals surface area contributed by atoms with Gasteiger partial charge >= 0.3 is 0 Å². The average molecular weight is 316 g/mol. The molecule has 0 unspecified atom stereocenters. The number of carbonyl (C=O) groups excluding carboxylic acids is 1. The maximum absolute atomic E-state index is 12.6. The number of carbonyl (C=O) groups is 1. The average Bonchev–Trinajstić information content (AvgIpc) is 2.85. The number of nitrogens with zero attached hydrogens (tertiary/aromatic N) is 4. The maximum Gasteiger partial charge on any atom is 0.257 e. The van der Waals surface area contributed by atoms with Crippen LogP contribution in [0.5, 0.6) is 0 Å². The predicted octanol–water partition coefficient (Wildman–Crippen LogP) is 0.290. The van der Waals surface area contributed by atoms with Gasteiger partial charge in [0, 0.05) is 50.7 Å². The molecular formula is C16H24N6O. The number of amides is 1. The van der Waals surface area contributed by atoms with Crippen LogP contribution in [0.2, 0.25) is 0 Å². The van der Waals surface area contributed by atoms with Crippen molar-refractivity contribution >= 4 is 11.6 Å². The Hall–Kier alpha value is -1.99. The molecule has 0 aromatic carbocycles. The third-order valence-electron chi connectivity index (χ3n) is 4.22. The van der Waals surface area contributed by atoms with Crippen molar-refractivity contribution in [3.05, 3.63) is 28.7 Å². The predicted molar refractivity (Wildman–Crippen MR) is 88.8 cm³/mol. The molecule has 1 fully saturated rings. The molecule has 7 nitrogen and oxygen atoms in total. The fourth-order valence-corrected chi connectivity index (χ4v) is 3.04. The molecule has 23 heavy (non-hydrogen) atoms. The first-order chi connectivity index (χ1) is 11.1. The van der Waals surface area contributed by atoms with Gasteiger partial charge in [0.2, 0.25) is 0 Å². The van der Waals surface area contributed by atoms with Crippen molar-refractivity contribution in [2.75, 3.05) is 39.3 Å². The van der Waals surface area contributed by atoms with Crippen molar-refractivity contribution in [3.8, 4) is 0 Å². The Labute approximate surface area is 136 Å². The molecule has 1 aliphatic heterocycles. The van der Waals surface area contributed by atoms with Crippen LogP contribution in [-0.2, 0) is 0 Å². The van der Waals surface area contributed by atoms with Crippen LogP contribution < -0.4 is 10.6 Å². The molecule has 0 radical (unpaired) electrons. The zero-order valence-corrected chi connectivity index (χ0v) is 14.0. The molecule has 1 saturated heterocycles. The minimum absolute atomic E-state index is 0.0925. The molecule has 0 bridgehead atoms. The first-order valence-corrected chi connectivity index (χ1v) is 8.11. The summed E-state index contributed by atoms with van der Waals surface area (Å²) in [6.07, 6.45) is 0. The molecule has 1 aliphatic rings. The summed E-state index contributed by atoms with van der Waals surface area (Å²) >= 11 is 0. The molecule has 2 aromatic rings. The normalized spacial score (nSPS) is 16.0. The lowest BCUT2D eigenvalue weighted by Crippen LogP contribution is -2.46. The second-order valence-corrected chi connectivity index (χ2v) is 6.08. The molecule has 0 saturated carbocycles. The van der Waals surface area contributed by atoms with Crippen LogP contribution in [0, 0.1) is 20.8 Å². The Morgan fingerprint density at radius 2 is 2.04 bits per heavy atom. The second-order valence-electron chi connectivity index (χ2n) is 6.08. The summed E-state index contributed by atoms with van der Waals surface area (Å²) in [6.45, 7) is 11.4. The van der Waals surface area contributed by atoms with Gasteiger partial charge < -0.3 is 10.6 Å². The largest absolute Gasteiger partial charge is 0.351 e. The molecule has 0 atom stereocenters. The molecule has 124 valence electrons. The first kappa shape index (κ1) is 15.9. The third-order valence-corrected chi connectivity index (χ3v) is 4.22. The van der Waals surface area contributed by atoms with Crippen molar-refractivity contribution in [2.24, 2.45) is 0 Å². The van der Waals surface area contributed by atoms with E-state index in [1.165, 1.54) is 0 Å². The topological polar surface area (TPSA) is 74.6 Å². The van der Waals surface area contributed by atoms with Crippen molar-refractivity contribution in [2.45, 2.75) is 20.8 Å². The standard InChI is InChI=1S/C16H24N6O/c1-11-10-12(2)22-15(19-11)14(13(3)20-22)16(23)18-6-9-21-7-4-17-5-8-21/h10,17H,4-9H2,1-3H3,(H,18,23). The number of nitrogens with one attached hydrogen (secondary N) is 2. The van der Waals surface area contributed by atoms with E-state index in [2.05, 4.69) is 25.6 Å². The number of hydrogen-bond acceptors (Lipinski definition) is 5. The lowest BCUT2D eigenvalue weighted by atomic mass is 10.2. The van der Waals surface area contributed by atoms with Gasteiger partial charge in [0.15, 0.2) is 5.65 Å². The highest BCUT2D eigenvalue weighted by Crippen LogP contribution is 2.15. The summed E-state index contributed by atoms with van der Waals surface area (Å²) in [4.78, 5) is 19.4. The third kappa shape index (κ3) is 3.35. The van der Waals surface area contributed by atoms with E-state index in [0.29, 0.717) is 23.4 Å². The first-order valence-electron chi connectivity index (χ1n) is 8.11. The highest BCUT2D eigenvalue weighted by Gasteiger charge is 2.19. The number of hydrogen-bond donors (Lipinski definition) is 2. The monoisotopic (exact) mass is 316 g/mol. The molecule has 7 heteroatoms. The van der Waals surface area contributed by atoms with Crippen LogP contribution in [0.3, 0.4) is 0 Å². The highest BCUT2D eigenvalue weighted by molar-refractivity contribution is 6.01. The van der Waals surface area contributed by atoms with Gasteiger partial charge in [-0.05, 0) is 26.8 Å². The quantitative estimate of drug-likeness (QED) is 0.848. The van der Waals surface area contributed by atoms with Gasteiger partial charge in [-0.25, -0.2) is 9.50 Å². The molecule has 1 amide bonds. The summed E-state index contributed by atoms with van der Waals surface area (Å²) in [7, 11) is 0. The Kier molecular flexibility index (Phi) is 4.58. The van der Waals surface area contributed by atoms with Gasteiger partial charge in [0.25, 0.3) is 5.91 Å². The van der Waals surface area contributed by atoms with Crippen molar-refractivity contribution < 1.29 is 4.79 Å². The number of piperazine rings is 1. The lowest BCUT2D eigenvalue weighted by Gasteiger charge is -2.27. The zero-order chi connectivity index (χ0) is 16.4. The second kappa shape index (κ2) is 6.64. The molecular weight excluding hydrogens is 292 g/mol. The van der Waals surface area contributed by atoms with Crippen LogP contribution in [0.1, 0.15) is 27.4 Å². The SMILES string of the molecule is Cc1cc(C)n2nc(C)c(C(=O)NCCN3CCNCC3)c2n1. The van der Waals surface area contributed by atoms with Gasteiger partial charge in [0.1, 0.15) is 5.56 Å². The van der Waals surface area contributed by atoms with Crippen LogP contribution in [0.25, 0.3) is 5.65 Å². The van der Waals surface area contributed by atoms with E-state index in [4.69, 9.17) is 0 Å². The zero-order valence-electron chi connectivity index (χ0n) is 14.0. The van der Waals surface area contributed by atoms with Crippen LogP contribution in [-0.4, -0.2) is 64.7 Å². The van der Waals surface area contributed by atoms with Gasteiger partial charge in [-0.3, -0.25) is 9.69 Å². The van der Waals surface area contributed by atoms with Crippen LogP contribution >= 0.6 is 0 Å². The smallest absolute Gasteiger partial charge is 0.257 e. The fraction of sp³-hybridized carbons (Fsp3) is 0.562. The Morgan fingerprint density at radius 1 is 1.30 bits per heavy atom. The molecule has 0 spiro atoms. The van der Waals surface area contributed by atoms with Gasteiger partial charge in [-0.1, -0.05) is 0 Å². The van der Waals surface area contributed by atoms with E-state index in [1.807, 2.05) is 26.8 Å². The van der Waals surface area contributed by atoms with Crippen molar-refractivity contribution in [1.29, 1.82) is 0 Å². The molecule has 3 rings (SSSR count). The Balaban J connectivity index is 1.71. The van der Waals surface area contributed by atoms with E-state index in [9.17, 15) is 4.79 Å². The summed E-state index contributed by atoms with van der Waals surface area (Å²) in [5.41, 5.74) is 3.81. The highest BCUT2D eigenvalue weighted by atomic mass is 16.1. The summed E-state index contributed by atoms with van der Waals surface area (Å²) in [6, 6.07) is 1.96. The number of aromatic nitrogens is 3. The van der Waals surface area contributed by atoms with Gasteiger partial charge in [-0.2, -0.15) is 5.10 Å². The van der Waals surface area contributed by atoms with Crippen LogP contribution in [0.15, 0.2) is 6.07 Å². The molecule has 0 aliphatic carbocycles. The van der Waals surface area contributed by atoms with Gasteiger partial charge in [0.05, 0.1) is 5.69 Å². The van der Waals surface area contributed by atoms with Crippen molar-refractivity contribution in [1.82, 2.24) is 30.1 Å². The van der Waals surface area contributed by atoms with Crippen molar-refractivity contribution in [3.63, 3.8) is 0 Å². The Morgan fingerprint density at radius 3 is 2.78 bits per heavy atom. The summed E-state index contributed by atoms with van der Waals surface area (Å²) < 4.78 is 1.74. The number of aryl methyl sites for hydroxylation is 3. The van der Waals surface area contributed by atoms with Gasteiger partial charge in [-0.15, -0.1) is 0 Å². The van der Waals surface area contributed by atoms with E-state index >= 15 is 0 Å². The van der Waals surface area contributed by atoms with E-state index in [-0.39, 0.29) is 5.91 Å². The minimum Gasteiger partial charge on any atom is -0.351 e. The van der Waals surface area contributed by atoms with Crippen LogP contribution in [0.4, 0.5) is 0 Å². The molecule has 3 heterocycles. The lowest BCUT2D eigenvalue weighted by molar-refractivity contribution is 0.0948. The summed E-state index contributed by atoms with van der Waals surface area (Å²) in [5.74, 6) is -0.0925. The fourth-order valence-electron chi connectivity index (χ4n) is 3.04. The Bertz CT molecular complexity index is 717. The summed E-state index contributed by atoms with van der Waals surface area (Å²) in [5, 5.41) is 10.8. The molecule has 2 N–H and O–H groups in total. The number of fused-ring (bicyclic) bond motifs is 1. The van der Waals surface area contributed by atoms with E-state index < -0.39 is 0 Å². The maximum atomic E-state index is 12.6.